The van der Waals surface area contributed by atoms with E-state index in [9.17, 15) is 9.59 Å². The Balaban J connectivity index is 2.49. The fourth-order valence-electron chi connectivity index (χ4n) is 1.94. The summed E-state index contributed by atoms with van der Waals surface area (Å²) in [5.41, 5.74) is 0.932. The predicted molar refractivity (Wildman–Crippen MR) is 82.3 cm³/mol. The van der Waals surface area contributed by atoms with Crippen molar-refractivity contribution >= 4 is 23.5 Å². The number of halogens is 1. The number of nitrogens with zero attached hydrogens (tertiary/aromatic N) is 1. The van der Waals surface area contributed by atoms with Crippen LogP contribution in [0.3, 0.4) is 0 Å². The molecule has 21 heavy (non-hydrogen) atoms. The standard InChI is InChI=1S/C15H21ClN2O3/c1-3-5-13(15(20)21)17-9-14(19)18(2)10-11-6-4-7-12(16)8-11/h4,6-8,13,17H,3,5,9-10H2,1-2H3,(H,20,21). The maximum atomic E-state index is 12.0. The normalized spacial score (nSPS) is 12.0. The lowest BCUT2D eigenvalue weighted by molar-refractivity contribution is -0.140. The largest absolute Gasteiger partial charge is 0.480 e. The molecule has 5 nitrogen and oxygen atoms in total. The van der Waals surface area contributed by atoms with Gasteiger partial charge in [0.05, 0.1) is 6.54 Å². The monoisotopic (exact) mass is 312 g/mol. The highest BCUT2D eigenvalue weighted by Gasteiger charge is 2.18. The first kappa shape index (κ1) is 17.5. The van der Waals surface area contributed by atoms with Crippen LogP contribution in [0.2, 0.25) is 5.02 Å². The Bertz CT molecular complexity index is 494. The van der Waals surface area contributed by atoms with Crippen molar-refractivity contribution in [2.24, 2.45) is 0 Å². The zero-order chi connectivity index (χ0) is 15.8. The quantitative estimate of drug-likeness (QED) is 0.771. The van der Waals surface area contributed by atoms with E-state index in [1.54, 1.807) is 24.1 Å². The van der Waals surface area contributed by atoms with Gasteiger partial charge >= 0.3 is 5.97 Å². The molecule has 0 aromatic heterocycles. The molecule has 0 fully saturated rings. The van der Waals surface area contributed by atoms with Gasteiger partial charge in [-0.2, -0.15) is 0 Å². The smallest absolute Gasteiger partial charge is 0.320 e. The SMILES string of the molecule is CCCC(NCC(=O)N(C)Cc1cccc(Cl)c1)C(=O)O. The minimum atomic E-state index is -0.929. The van der Waals surface area contributed by atoms with Crippen LogP contribution in [0.4, 0.5) is 0 Å². The van der Waals surface area contributed by atoms with Crippen molar-refractivity contribution in [3.8, 4) is 0 Å². The molecule has 6 heteroatoms. The summed E-state index contributed by atoms with van der Waals surface area (Å²) in [5.74, 6) is -1.08. The number of carbonyl (C=O) groups excluding carboxylic acids is 1. The van der Waals surface area contributed by atoms with Gasteiger partial charge in [-0.05, 0) is 24.1 Å². The number of benzene rings is 1. The van der Waals surface area contributed by atoms with Gasteiger partial charge in [0.2, 0.25) is 5.91 Å². The lowest BCUT2D eigenvalue weighted by Crippen LogP contribution is -2.43. The highest BCUT2D eigenvalue weighted by atomic mass is 35.5. The first-order valence-electron chi connectivity index (χ1n) is 6.88. The first-order chi connectivity index (χ1) is 9.93. The summed E-state index contributed by atoms with van der Waals surface area (Å²) in [7, 11) is 1.68. The van der Waals surface area contributed by atoms with E-state index >= 15 is 0 Å². The van der Waals surface area contributed by atoms with Gasteiger partial charge in [0.15, 0.2) is 0 Å². The van der Waals surface area contributed by atoms with Crippen molar-refractivity contribution in [2.75, 3.05) is 13.6 Å². The van der Waals surface area contributed by atoms with E-state index in [-0.39, 0.29) is 12.5 Å². The predicted octanol–water partition coefficient (Wildman–Crippen LogP) is 2.14. The average molecular weight is 313 g/mol. The summed E-state index contributed by atoms with van der Waals surface area (Å²) in [4.78, 5) is 24.5. The number of rotatable bonds is 8. The molecule has 0 bridgehead atoms. The van der Waals surface area contributed by atoms with Crippen LogP contribution in [0.1, 0.15) is 25.3 Å². The van der Waals surface area contributed by atoms with E-state index in [4.69, 9.17) is 16.7 Å². The van der Waals surface area contributed by atoms with Gasteiger partial charge in [0.25, 0.3) is 0 Å². The molecular formula is C15H21ClN2O3. The van der Waals surface area contributed by atoms with Gasteiger partial charge in [-0.25, -0.2) is 0 Å². The Morgan fingerprint density at radius 3 is 2.71 bits per heavy atom. The minimum absolute atomic E-state index is 0.00797. The van der Waals surface area contributed by atoms with E-state index in [1.807, 2.05) is 19.1 Å². The summed E-state index contributed by atoms with van der Waals surface area (Å²) in [6.07, 6.45) is 1.25. The fourth-order valence-corrected chi connectivity index (χ4v) is 2.16. The summed E-state index contributed by atoms with van der Waals surface area (Å²) in [5, 5.41) is 12.4. The molecule has 0 radical (unpaired) electrons. The number of carbonyl (C=O) groups is 2. The second kappa shape index (κ2) is 8.64. The van der Waals surface area contributed by atoms with Gasteiger partial charge in [-0.15, -0.1) is 0 Å². The summed E-state index contributed by atoms with van der Waals surface area (Å²) in [6, 6.07) is 6.61. The second-order valence-electron chi connectivity index (χ2n) is 4.94. The summed E-state index contributed by atoms with van der Waals surface area (Å²) >= 11 is 5.90. The molecule has 0 aliphatic carbocycles. The molecular weight excluding hydrogens is 292 g/mol. The van der Waals surface area contributed by atoms with Gasteiger partial charge in [-0.1, -0.05) is 37.1 Å². The molecule has 1 amide bonds. The molecule has 1 aromatic rings. The molecule has 1 atom stereocenters. The Morgan fingerprint density at radius 2 is 2.14 bits per heavy atom. The van der Waals surface area contributed by atoms with Crippen molar-refractivity contribution in [1.29, 1.82) is 0 Å². The molecule has 0 saturated heterocycles. The highest BCUT2D eigenvalue weighted by molar-refractivity contribution is 6.30. The number of carboxylic acid groups (broad SMARTS) is 1. The van der Waals surface area contributed by atoms with Crippen molar-refractivity contribution in [3.05, 3.63) is 34.9 Å². The third-order valence-electron chi connectivity index (χ3n) is 3.11. The second-order valence-corrected chi connectivity index (χ2v) is 5.38. The maximum absolute atomic E-state index is 12.0. The third kappa shape index (κ3) is 6.14. The van der Waals surface area contributed by atoms with Crippen molar-refractivity contribution < 1.29 is 14.7 Å². The Kier molecular flexibility index (Phi) is 7.19. The maximum Gasteiger partial charge on any atom is 0.320 e. The zero-order valence-corrected chi connectivity index (χ0v) is 13.1. The summed E-state index contributed by atoms with van der Waals surface area (Å²) < 4.78 is 0. The van der Waals surface area contributed by atoms with E-state index in [1.165, 1.54) is 0 Å². The van der Waals surface area contributed by atoms with Gasteiger partial charge in [-0.3, -0.25) is 14.9 Å². The van der Waals surface area contributed by atoms with Crippen LogP contribution in [-0.4, -0.2) is 41.5 Å². The van der Waals surface area contributed by atoms with E-state index < -0.39 is 12.0 Å². The Labute approximate surface area is 129 Å². The van der Waals surface area contributed by atoms with Crippen molar-refractivity contribution in [2.45, 2.75) is 32.4 Å². The fraction of sp³-hybridized carbons (Fsp3) is 0.467. The van der Waals surface area contributed by atoms with Crippen LogP contribution in [-0.2, 0) is 16.1 Å². The van der Waals surface area contributed by atoms with Crippen molar-refractivity contribution in [1.82, 2.24) is 10.2 Å². The molecule has 1 aromatic carbocycles. The molecule has 0 aliphatic rings. The van der Waals surface area contributed by atoms with Crippen LogP contribution < -0.4 is 5.32 Å². The highest BCUT2D eigenvalue weighted by Crippen LogP contribution is 2.12. The first-order valence-corrected chi connectivity index (χ1v) is 7.26. The third-order valence-corrected chi connectivity index (χ3v) is 3.34. The number of nitrogens with one attached hydrogen (secondary N) is 1. The number of carboxylic acids is 1. The molecule has 1 unspecified atom stereocenters. The zero-order valence-electron chi connectivity index (χ0n) is 12.3. The molecule has 116 valence electrons. The lowest BCUT2D eigenvalue weighted by Gasteiger charge is -2.19. The molecule has 0 heterocycles. The van der Waals surface area contributed by atoms with E-state index in [0.29, 0.717) is 18.0 Å². The van der Waals surface area contributed by atoms with Gasteiger partial charge in [0, 0.05) is 18.6 Å². The van der Waals surface area contributed by atoms with Crippen LogP contribution in [0.15, 0.2) is 24.3 Å². The van der Waals surface area contributed by atoms with E-state index in [2.05, 4.69) is 5.32 Å². The van der Waals surface area contributed by atoms with Crippen molar-refractivity contribution in [3.63, 3.8) is 0 Å². The minimum Gasteiger partial charge on any atom is -0.480 e. The van der Waals surface area contributed by atoms with Crippen LogP contribution in [0.5, 0.6) is 0 Å². The average Bonchev–Trinajstić information content (AvgIpc) is 2.42. The molecule has 0 spiro atoms. The van der Waals surface area contributed by atoms with Gasteiger partial charge < -0.3 is 10.0 Å². The molecule has 0 aliphatic heterocycles. The number of likely N-dealkylation sites (N-methyl/N-ethyl adjacent to an activating group) is 1. The molecule has 0 saturated carbocycles. The number of hydrogen-bond donors (Lipinski definition) is 2. The Morgan fingerprint density at radius 1 is 1.43 bits per heavy atom. The van der Waals surface area contributed by atoms with Crippen LogP contribution in [0.25, 0.3) is 0 Å². The number of aliphatic carboxylic acids is 1. The molecule has 1 rings (SSSR count). The molecule has 2 N–H and O–H groups in total. The lowest BCUT2D eigenvalue weighted by atomic mass is 10.1. The number of amides is 1. The van der Waals surface area contributed by atoms with Crippen LogP contribution in [0, 0.1) is 0 Å². The van der Waals surface area contributed by atoms with Gasteiger partial charge in [0.1, 0.15) is 6.04 Å². The topological polar surface area (TPSA) is 69.6 Å². The summed E-state index contributed by atoms with van der Waals surface area (Å²) in [6.45, 7) is 2.35. The van der Waals surface area contributed by atoms with E-state index in [0.717, 1.165) is 12.0 Å². The van der Waals surface area contributed by atoms with Crippen LogP contribution >= 0.6 is 11.6 Å². The Hall–Kier alpha value is -1.59. The number of hydrogen-bond acceptors (Lipinski definition) is 3.